The lowest BCUT2D eigenvalue weighted by atomic mass is 10.2. The molecule has 2 aromatic rings. The minimum Gasteiger partial charge on any atom is -0.486 e. The average Bonchev–Trinajstić information content (AvgIpc) is 2.84. The number of ether oxygens (including phenoxy) is 1. The van der Waals surface area contributed by atoms with E-state index in [0.717, 1.165) is 24.4 Å². The molecule has 8 heteroatoms. The van der Waals surface area contributed by atoms with Gasteiger partial charge in [0.15, 0.2) is 5.82 Å². The Bertz CT molecular complexity index is 628. The Morgan fingerprint density at radius 3 is 2.80 bits per heavy atom. The van der Waals surface area contributed by atoms with Gasteiger partial charge in [-0.15, -0.1) is 0 Å². The van der Waals surface area contributed by atoms with Gasteiger partial charge < -0.3 is 9.84 Å². The average molecular weight is 286 g/mol. The van der Waals surface area contributed by atoms with E-state index in [0.29, 0.717) is 4.57 Å². The van der Waals surface area contributed by atoms with Gasteiger partial charge in [-0.25, -0.2) is 14.2 Å². The summed E-state index contributed by atoms with van der Waals surface area (Å²) in [6.45, 7) is -3.10. The number of carboxylic acid groups (broad SMARTS) is 1. The van der Waals surface area contributed by atoms with Crippen LogP contribution in [0.15, 0.2) is 30.6 Å². The van der Waals surface area contributed by atoms with Gasteiger partial charge in [0.05, 0.1) is 5.56 Å². The molecule has 0 fully saturated rings. The molecule has 1 aromatic heterocycles. The fourth-order valence-corrected chi connectivity index (χ4v) is 1.55. The normalized spacial score (nSPS) is 10.8. The van der Waals surface area contributed by atoms with Crippen LogP contribution in [0.5, 0.6) is 5.75 Å². The summed E-state index contributed by atoms with van der Waals surface area (Å²) in [6.07, 6.45) is 2.26. The van der Waals surface area contributed by atoms with E-state index in [-0.39, 0.29) is 23.7 Å². The third kappa shape index (κ3) is 3.08. The van der Waals surface area contributed by atoms with Crippen molar-refractivity contribution in [3.63, 3.8) is 0 Å². The Morgan fingerprint density at radius 1 is 1.40 bits per heavy atom. The summed E-state index contributed by atoms with van der Waals surface area (Å²) < 4.78 is 44.0. The Morgan fingerprint density at radius 2 is 2.15 bits per heavy atom. The van der Waals surface area contributed by atoms with Crippen LogP contribution in [0.1, 0.15) is 22.7 Å². The van der Waals surface area contributed by atoms with Crippen LogP contribution in [0, 0.1) is 5.82 Å². The number of aromatic carboxylic acids is 1. The van der Waals surface area contributed by atoms with E-state index in [2.05, 4.69) is 4.98 Å². The summed E-state index contributed by atoms with van der Waals surface area (Å²) in [5, 5.41) is 8.76. The fourth-order valence-electron chi connectivity index (χ4n) is 1.55. The Labute approximate surface area is 111 Å². The second-order valence-electron chi connectivity index (χ2n) is 3.80. The van der Waals surface area contributed by atoms with Gasteiger partial charge in [-0.3, -0.25) is 4.57 Å². The van der Waals surface area contributed by atoms with Crippen molar-refractivity contribution >= 4 is 5.97 Å². The molecule has 0 aliphatic heterocycles. The summed E-state index contributed by atoms with van der Waals surface area (Å²) in [5.41, 5.74) is -0.294. The fraction of sp³-hybridized carbons (Fsp3) is 0.167. The van der Waals surface area contributed by atoms with Crippen molar-refractivity contribution in [2.24, 2.45) is 0 Å². The first-order valence-corrected chi connectivity index (χ1v) is 5.44. The highest BCUT2D eigenvalue weighted by molar-refractivity contribution is 5.88. The third-order valence-corrected chi connectivity index (χ3v) is 2.45. The number of alkyl halides is 2. The number of aromatic nitrogens is 2. The number of halogens is 3. The molecule has 0 unspecified atom stereocenters. The maximum Gasteiger partial charge on any atom is 0.335 e. The maximum atomic E-state index is 13.2. The van der Waals surface area contributed by atoms with Crippen molar-refractivity contribution in [1.82, 2.24) is 9.55 Å². The SMILES string of the molecule is O=C(O)c1cc(F)cc(OCc2nccn2C(F)F)c1. The summed E-state index contributed by atoms with van der Waals surface area (Å²) in [4.78, 5) is 14.4. The first-order valence-electron chi connectivity index (χ1n) is 5.44. The minimum absolute atomic E-state index is 0.0545. The quantitative estimate of drug-likeness (QED) is 0.917. The number of imidazole rings is 1. The van der Waals surface area contributed by atoms with Gasteiger partial charge in [-0.05, 0) is 12.1 Å². The molecule has 0 radical (unpaired) electrons. The highest BCUT2D eigenvalue weighted by Gasteiger charge is 2.13. The van der Waals surface area contributed by atoms with Crippen LogP contribution in [-0.2, 0) is 6.61 Å². The Balaban J connectivity index is 2.14. The Hall–Kier alpha value is -2.51. The van der Waals surface area contributed by atoms with Crippen LogP contribution >= 0.6 is 0 Å². The first kappa shape index (κ1) is 13.9. The summed E-state index contributed by atoms with van der Waals surface area (Å²) >= 11 is 0. The van der Waals surface area contributed by atoms with E-state index in [1.54, 1.807) is 0 Å². The second-order valence-corrected chi connectivity index (χ2v) is 3.80. The molecule has 1 heterocycles. The molecule has 20 heavy (non-hydrogen) atoms. The molecule has 0 saturated heterocycles. The molecule has 5 nitrogen and oxygen atoms in total. The molecule has 0 aliphatic carbocycles. The smallest absolute Gasteiger partial charge is 0.335 e. The summed E-state index contributed by atoms with van der Waals surface area (Å²) in [7, 11) is 0. The van der Waals surface area contributed by atoms with Crippen LogP contribution in [0.2, 0.25) is 0 Å². The molecule has 1 aromatic carbocycles. The first-order chi connectivity index (χ1) is 9.47. The highest BCUT2D eigenvalue weighted by Crippen LogP contribution is 2.19. The number of benzene rings is 1. The minimum atomic E-state index is -2.77. The van der Waals surface area contributed by atoms with E-state index < -0.39 is 18.3 Å². The van der Waals surface area contributed by atoms with Gasteiger partial charge in [0.1, 0.15) is 18.2 Å². The van der Waals surface area contributed by atoms with Crippen molar-refractivity contribution in [3.8, 4) is 5.75 Å². The zero-order valence-corrected chi connectivity index (χ0v) is 9.96. The molecule has 1 N–H and O–H groups in total. The number of hydrogen-bond donors (Lipinski definition) is 1. The van der Waals surface area contributed by atoms with E-state index in [9.17, 15) is 18.0 Å². The molecule has 0 atom stereocenters. The zero-order valence-electron chi connectivity index (χ0n) is 9.96. The lowest BCUT2D eigenvalue weighted by Crippen LogP contribution is -2.08. The number of rotatable bonds is 5. The van der Waals surface area contributed by atoms with Gasteiger partial charge in [-0.2, -0.15) is 8.78 Å². The number of carboxylic acids is 1. The molecule has 0 amide bonds. The largest absolute Gasteiger partial charge is 0.486 e. The van der Waals surface area contributed by atoms with E-state index in [1.807, 2.05) is 0 Å². The third-order valence-electron chi connectivity index (χ3n) is 2.45. The Kier molecular flexibility index (Phi) is 3.92. The van der Waals surface area contributed by atoms with Gasteiger partial charge in [0.25, 0.3) is 0 Å². The molecule has 0 spiro atoms. The molecular formula is C12H9F3N2O3. The predicted octanol–water partition coefficient (Wildman–Crippen LogP) is 2.69. The molecule has 0 saturated carbocycles. The van der Waals surface area contributed by atoms with Gasteiger partial charge in [0, 0.05) is 18.5 Å². The van der Waals surface area contributed by atoms with Gasteiger partial charge in [0.2, 0.25) is 0 Å². The van der Waals surface area contributed by atoms with Crippen LogP contribution in [0.25, 0.3) is 0 Å². The molecule has 0 aliphatic rings. The van der Waals surface area contributed by atoms with Crippen molar-refractivity contribution in [2.45, 2.75) is 13.2 Å². The van der Waals surface area contributed by atoms with Crippen molar-refractivity contribution in [3.05, 3.63) is 47.8 Å². The monoisotopic (exact) mass is 286 g/mol. The highest BCUT2D eigenvalue weighted by atomic mass is 19.3. The van der Waals surface area contributed by atoms with E-state index in [1.165, 1.54) is 6.20 Å². The van der Waals surface area contributed by atoms with Crippen LogP contribution < -0.4 is 4.74 Å². The van der Waals surface area contributed by atoms with Gasteiger partial charge >= 0.3 is 12.5 Å². The molecular weight excluding hydrogens is 277 g/mol. The van der Waals surface area contributed by atoms with Gasteiger partial charge in [-0.1, -0.05) is 0 Å². The van der Waals surface area contributed by atoms with Crippen LogP contribution in [0.4, 0.5) is 13.2 Å². The van der Waals surface area contributed by atoms with Crippen LogP contribution in [0.3, 0.4) is 0 Å². The molecule has 0 bridgehead atoms. The topological polar surface area (TPSA) is 64.3 Å². The van der Waals surface area contributed by atoms with Crippen molar-refractivity contribution < 1.29 is 27.8 Å². The lowest BCUT2D eigenvalue weighted by molar-refractivity contribution is 0.0632. The molecule has 106 valence electrons. The second kappa shape index (κ2) is 5.64. The number of hydrogen-bond acceptors (Lipinski definition) is 3. The predicted molar refractivity (Wildman–Crippen MR) is 61.2 cm³/mol. The van der Waals surface area contributed by atoms with E-state index >= 15 is 0 Å². The lowest BCUT2D eigenvalue weighted by Gasteiger charge is -2.09. The maximum absolute atomic E-state index is 13.2. The standard InChI is InChI=1S/C12H9F3N2O3/c13-8-3-7(11(18)19)4-9(5-8)20-6-10-16-1-2-17(10)12(14)15/h1-5,12H,6H2,(H,18,19). The summed E-state index contributed by atoms with van der Waals surface area (Å²) in [6, 6.07) is 2.89. The number of nitrogens with zero attached hydrogens (tertiary/aromatic N) is 2. The number of carbonyl (C=O) groups is 1. The zero-order chi connectivity index (χ0) is 14.7. The van der Waals surface area contributed by atoms with Crippen LogP contribution in [-0.4, -0.2) is 20.6 Å². The molecule has 2 rings (SSSR count). The van der Waals surface area contributed by atoms with Crippen molar-refractivity contribution in [1.29, 1.82) is 0 Å². The van der Waals surface area contributed by atoms with Crippen molar-refractivity contribution in [2.75, 3.05) is 0 Å². The van der Waals surface area contributed by atoms with E-state index in [4.69, 9.17) is 9.84 Å². The summed E-state index contributed by atoms with van der Waals surface area (Å²) in [5.74, 6) is -2.24.